The molecule has 4 aromatic rings. The van der Waals surface area contributed by atoms with Crippen molar-refractivity contribution in [2.45, 2.75) is 46.2 Å². The quantitative estimate of drug-likeness (QED) is 0.325. The number of benzene rings is 1. The second-order valence-electron chi connectivity index (χ2n) is 7.87. The third-order valence-electron chi connectivity index (χ3n) is 5.18. The normalized spacial score (nSPS) is 11.0. The average molecular weight is 498 g/mol. The fourth-order valence-electron chi connectivity index (χ4n) is 3.40. The molecule has 0 spiro atoms. The molecule has 0 aliphatic heterocycles. The number of hydrogen-bond donors (Lipinski definition) is 1. The molecule has 0 saturated heterocycles. The Bertz CT molecular complexity index is 1290. The predicted octanol–water partition coefficient (Wildman–Crippen LogP) is 4.40. The zero-order valence-electron chi connectivity index (χ0n) is 18.9. The molecule has 3 aromatic heterocycles. The van der Waals surface area contributed by atoms with Gasteiger partial charge < -0.3 is 9.88 Å². The second-order valence-corrected chi connectivity index (χ2v) is 9.09. The Kier molecular flexibility index (Phi) is 7.49. The number of nitrogens with one attached hydrogen (secondary N) is 1. The summed E-state index contributed by atoms with van der Waals surface area (Å²) in [7, 11) is 0. The summed E-state index contributed by atoms with van der Waals surface area (Å²) < 4.78 is 3.22. The van der Waals surface area contributed by atoms with E-state index < -0.39 is 0 Å². The van der Waals surface area contributed by atoms with Gasteiger partial charge in [-0.2, -0.15) is 0 Å². The molecule has 1 amide bonds. The Morgan fingerprint density at radius 1 is 1.24 bits per heavy atom. The predicted molar refractivity (Wildman–Crippen MR) is 131 cm³/mol. The Balaban J connectivity index is 1.39. The molecule has 0 aliphatic carbocycles. The van der Waals surface area contributed by atoms with E-state index in [1.165, 1.54) is 21.6 Å². The molecular weight excluding hydrogens is 474 g/mol. The van der Waals surface area contributed by atoms with Gasteiger partial charge in [0.15, 0.2) is 11.4 Å². The van der Waals surface area contributed by atoms with Gasteiger partial charge in [0.25, 0.3) is 0 Å². The number of halogens is 1. The summed E-state index contributed by atoms with van der Waals surface area (Å²) in [6.45, 7) is 4.42. The molecular formula is C23H24ClN7O2S. The monoisotopic (exact) mass is 497 g/mol. The minimum Gasteiger partial charge on any atom is -0.312 e. The molecule has 0 bridgehead atoms. The summed E-state index contributed by atoms with van der Waals surface area (Å²) in [6.07, 6.45) is 4.97. The number of amides is 1. The smallest absolute Gasteiger partial charge is 0.247 e. The minimum absolute atomic E-state index is 0.00755. The maximum absolute atomic E-state index is 12.5. The molecule has 0 fully saturated rings. The van der Waals surface area contributed by atoms with Gasteiger partial charge in [0.05, 0.1) is 18.4 Å². The van der Waals surface area contributed by atoms with Gasteiger partial charge in [-0.15, -0.1) is 16.4 Å². The zero-order valence-corrected chi connectivity index (χ0v) is 20.4. The van der Waals surface area contributed by atoms with Gasteiger partial charge in [-0.05, 0) is 13.3 Å². The van der Waals surface area contributed by atoms with Gasteiger partial charge in [0, 0.05) is 17.4 Å². The number of hydrogen-bond acceptors (Lipinski definition) is 7. The highest BCUT2D eigenvalue weighted by atomic mass is 35.5. The number of nitrogens with zero attached hydrogens (tertiary/aromatic N) is 6. The molecule has 4 rings (SSSR count). The lowest BCUT2D eigenvalue weighted by atomic mass is 10.1. The number of thiazole rings is 1. The van der Waals surface area contributed by atoms with Crippen molar-refractivity contribution in [2.75, 3.05) is 5.32 Å². The maximum Gasteiger partial charge on any atom is 0.247 e. The van der Waals surface area contributed by atoms with Gasteiger partial charge >= 0.3 is 0 Å². The van der Waals surface area contributed by atoms with Gasteiger partial charge in [-0.3, -0.25) is 9.59 Å². The number of aldehydes is 1. The lowest BCUT2D eigenvalue weighted by Crippen LogP contribution is -2.19. The summed E-state index contributed by atoms with van der Waals surface area (Å²) >= 11 is 7.70. The van der Waals surface area contributed by atoms with Crippen molar-refractivity contribution in [3.05, 3.63) is 63.8 Å². The van der Waals surface area contributed by atoms with E-state index in [1.54, 1.807) is 10.8 Å². The van der Waals surface area contributed by atoms with Crippen LogP contribution in [-0.2, 0) is 24.3 Å². The van der Waals surface area contributed by atoms with E-state index in [9.17, 15) is 9.59 Å². The first-order chi connectivity index (χ1) is 16.5. The van der Waals surface area contributed by atoms with E-state index in [0.29, 0.717) is 30.1 Å². The largest absolute Gasteiger partial charge is 0.312 e. The van der Waals surface area contributed by atoms with Crippen LogP contribution >= 0.6 is 22.9 Å². The van der Waals surface area contributed by atoms with Gasteiger partial charge in [-0.1, -0.05) is 60.0 Å². The van der Waals surface area contributed by atoms with Crippen LogP contribution in [0.1, 0.15) is 47.3 Å². The molecule has 34 heavy (non-hydrogen) atoms. The summed E-state index contributed by atoms with van der Waals surface area (Å²) in [5, 5.41) is 13.7. The molecule has 0 aliphatic rings. The number of rotatable bonds is 10. The molecule has 0 unspecified atom stereocenters. The first-order valence-corrected chi connectivity index (χ1v) is 12.1. The first kappa shape index (κ1) is 23.8. The molecule has 9 nitrogen and oxygen atoms in total. The highest BCUT2D eigenvalue weighted by Gasteiger charge is 2.17. The highest BCUT2D eigenvalue weighted by Crippen LogP contribution is 2.25. The number of imidazole rings is 1. The molecule has 1 aromatic carbocycles. The molecule has 176 valence electrons. The molecule has 11 heteroatoms. The number of carbonyl (C=O) groups excluding carboxylic acids is 2. The Hall–Kier alpha value is -3.37. The van der Waals surface area contributed by atoms with Crippen LogP contribution in [0.4, 0.5) is 5.13 Å². The van der Waals surface area contributed by atoms with Crippen molar-refractivity contribution in [3.63, 3.8) is 0 Å². The summed E-state index contributed by atoms with van der Waals surface area (Å²) in [6, 6.07) is 8.06. The van der Waals surface area contributed by atoms with Crippen LogP contribution in [0.25, 0.3) is 11.3 Å². The van der Waals surface area contributed by atoms with Crippen molar-refractivity contribution in [1.82, 2.24) is 29.5 Å². The SMILES string of the molecule is CCCCc1nc(C=O)c(Cl)n1Cc1cn(CC(=O)Nc2nc(-c3ccc(C)cc3)cs2)nn1. The second kappa shape index (κ2) is 10.7. The van der Waals surface area contributed by atoms with Crippen molar-refractivity contribution in [3.8, 4) is 11.3 Å². The van der Waals surface area contributed by atoms with Crippen LogP contribution in [0.2, 0.25) is 5.15 Å². The fraction of sp³-hybridized carbons (Fsp3) is 0.304. The Morgan fingerprint density at radius 2 is 2.03 bits per heavy atom. The van der Waals surface area contributed by atoms with Crippen molar-refractivity contribution in [1.29, 1.82) is 0 Å². The third kappa shape index (κ3) is 5.57. The molecule has 0 radical (unpaired) electrons. The summed E-state index contributed by atoms with van der Waals surface area (Å²) in [5.74, 6) is 0.475. The van der Waals surface area contributed by atoms with Crippen molar-refractivity contribution >= 4 is 40.3 Å². The van der Waals surface area contributed by atoms with Gasteiger partial charge in [0.2, 0.25) is 5.91 Å². The average Bonchev–Trinajstić information content (AvgIpc) is 3.54. The number of aryl methyl sites for hydroxylation is 2. The van der Waals surface area contributed by atoms with E-state index >= 15 is 0 Å². The number of unbranched alkanes of at least 4 members (excludes halogenated alkanes) is 1. The number of aromatic nitrogens is 6. The van der Waals surface area contributed by atoms with Crippen molar-refractivity contribution < 1.29 is 9.59 Å². The third-order valence-corrected chi connectivity index (χ3v) is 6.34. The zero-order chi connectivity index (χ0) is 24.1. The van der Waals surface area contributed by atoms with E-state index in [0.717, 1.165) is 29.9 Å². The van der Waals surface area contributed by atoms with Crippen LogP contribution in [0.3, 0.4) is 0 Å². The minimum atomic E-state index is -0.256. The van der Waals surface area contributed by atoms with Gasteiger partial charge in [-0.25, -0.2) is 14.6 Å². The van der Waals surface area contributed by atoms with E-state index in [4.69, 9.17) is 11.6 Å². The number of anilines is 1. The summed E-state index contributed by atoms with van der Waals surface area (Å²) in [4.78, 5) is 32.6. The van der Waals surface area contributed by atoms with E-state index in [-0.39, 0.29) is 23.3 Å². The van der Waals surface area contributed by atoms with Crippen molar-refractivity contribution in [2.24, 2.45) is 0 Å². The van der Waals surface area contributed by atoms with Gasteiger partial charge in [0.1, 0.15) is 28.9 Å². The van der Waals surface area contributed by atoms with E-state index in [2.05, 4.69) is 32.5 Å². The van der Waals surface area contributed by atoms with Crippen LogP contribution in [0.5, 0.6) is 0 Å². The van der Waals surface area contributed by atoms with E-state index in [1.807, 2.05) is 36.6 Å². The lowest BCUT2D eigenvalue weighted by molar-refractivity contribution is -0.116. The van der Waals surface area contributed by atoms with Crippen LogP contribution in [0, 0.1) is 6.92 Å². The Morgan fingerprint density at radius 3 is 2.76 bits per heavy atom. The molecule has 1 N–H and O–H groups in total. The topological polar surface area (TPSA) is 108 Å². The molecule has 3 heterocycles. The molecule has 0 saturated carbocycles. The standard InChI is InChI=1S/C23H24ClN7O2S/c1-3-4-5-20-25-18(13-32)22(24)31(20)11-17-10-30(29-28-17)12-21(33)27-23-26-19(14-34-23)16-8-6-15(2)7-9-16/h6-10,13-14H,3-5,11-12H2,1-2H3,(H,26,27,33). The molecule has 0 atom stereocenters. The van der Waals surface area contributed by atoms with Crippen LogP contribution in [-0.4, -0.2) is 41.7 Å². The number of carbonyl (C=O) groups is 2. The Labute approximate surface area is 205 Å². The maximum atomic E-state index is 12.5. The lowest BCUT2D eigenvalue weighted by Gasteiger charge is -2.06. The summed E-state index contributed by atoms with van der Waals surface area (Å²) in [5.41, 5.74) is 3.81. The van der Waals surface area contributed by atoms with Crippen LogP contribution < -0.4 is 5.32 Å². The highest BCUT2D eigenvalue weighted by molar-refractivity contribution is 7.14. The fourth-order valence-corrected chi connectivity index (χ4v) is 4.38. The van der Waals surface area contributed by atoms with Crippen LogP contribution in [0.15, 0.2) is 35.8 Å². The first-order valence-electron chi connectivity index (χ1n) is 10.9.